The van der Waals surface area contributed by atoms with Gasteiger partial charge in [0, 0.05) is 13.1 Å². The van der Waals surface area contributed by atoms with E-state index in [0.29, 0.717) is 24.9 Å². The van der Waals surface area contributed by atoms with Crippen LogP contribution in [0.2, 0.25) is 0 Å². The molecule has 0 aliphatic carbocycles. The molecule has 7 nitrogen and oxygen atoms in total. The van der Waals surface area contributed by atoms with E-state index in [9.17, 15) is 13.2 Å². The van der Waals surface area contributed by atoms with Gasteiger partial charge in [-0.05, 0) is 18.3 Å². The van der Waals surface area contributed by atoms with Crippen molar-refractivity contribution >= 4 is 16.2 Å². The minimum atomic E-state index is -3.66. The van der Waals surface area contributed by atoms with E-state index in [1.807, 2.05) is 13.8 Å². The zero-order valence-corrected chi connectivity index (χ0v) is 12.6. The van der Waals surface area contributed by atoms with E-state index >= 15 is 0 Å². The molecule has 4 unspecified atom stereocenters. The van der Waals surface area contributed by atoms with Gasteiger partial charge in [0.2, 0.25) is 0 Å². The number of rotatable bonds is 4. The number of carboxylic acid groups (broad SMARTS) is 1. The molecule has 0 saturated carbocycles. The fourth-order valence-electron chi connectivity index (χ4n) is 2.98. The normalized spacial score (nSPS) is 36.1. The fourth-order valence-corrected chi connectivity index (χ4v) is 4.65. The smallest absolute Gasteiger partial charge is 0.310 e. The lowest BCUT2D eigenvalue weighted by Crippen LogP contribution is -2.52. The van der Waals surface area contributed by atoms with E-state index in [1.165, 1.54) is 4.31 Å². The van der Waals surface area contributed by atoms with Gasteiger partial charge in [-0.2, -0.15) is 17.4 Å². The van der Waals surface area contributed by atoms with Crippen molar-refractivity contribution in [3.8, 4) is 0 Å². The number of ether oxygens (including phenoxy) is 1. The number of nitrogens with one attached hydrogen (secondary N) is 1. The summed E-state index contributed by atoms with van der Waals surface area (Å²) in [5.74, 6) is -1.23. The largest absolute Gasteiger partial charge is 0.481 e. The molecule has 2 N–H and O–H groups in total. The Kier molecular flexibility index (Phi) is 4.68. The van der Waals surface area contributed by atoms with Crippen molar-refractivity contribution in [1.29, 1.82) is 0 Å². The van der Waals surface area contributed by atoms with Gasteiger partial charge in [0.25, 0.3) is 10.2 Å². The Morgan fingerprint density at radius 2 is 1.85 bits per heavy atom. The monoisotopic (exact) mass is 306 g/mol. The second-order valence-corrected chi connectivity index (χ2v) is 7.68. The molecule has 0 radical (unpaired) electrons. The number of aliphatic carboxylic acids is 1. The van der Waals surface area contributed by atoms with Crippen LogP contribution in [0.4, 0.5) is 0 Å². The van der Waals surface area contributed by atoms with Crippen molar-refractivity contribution < 1.29 is 23.1 Å². The first-order valence-corrected chi connectivity index (χ1v) is 8.31. The molecule has 2 rings (SSSR count). The maximum Gasteiger partial charge on any atom is 0.310 e. The van der Waals surface area contributed by atoms with E-state index in [-0.39, 0.29) is 13.2 Å². The molecule has 2 saturated heterocycles. The van der Waals surface area contributed by atoms with Crippen molar-refractivity contribution in [1.82, 2.24) is 9.03 Å². The van der Waals surface area contributed by atoms with Crippen LogP contribution < -0.4 is 4.72 Å². The summed E-state index contributed by atoms with van der Waals surface area (Å²) >= 11 is 0. The highest BCUT2D eigenvalue weighted by Crippen LogP contribution is 2.23. The van der Waals surface area contributed by atoms with Crippen molar-refractivity contribution in [2.45, 2.75) is 26.3 Å². The highest BCUT2D eigenvalue weighted by molar-refractivity contribution is 7.87. The standard InChI is InChI=1S/C12H22N2O5S/c1-8-3-9(2)5-14(4-8)20(17,18)13-11-7-19-6-10(11)12(15)16/h8-11,13H,3-7H2,1-2H3,(H,15,16). The van der Waals surface area contributed by atoms with Crippen LogP contribution in [0.1, 0.15) is 20.3 Å². The van der Waals surface area contributed by atoms with E-state index in [0.717, 1.165) is 6.42 Å². The molecule has 4 atom stereocenters. The molecule has 116 valence electrons. The summed E-state index contributed by atoms with van der Waals surface area (Å²) in [5, 5.41) is 9.05. The third-order valence-electron chi connectivity index (χ3n) is 3.87. The quantitative estimate of drug-likeness (QED) is 0.756. The summed E-state index contributed by atoms with van der Waals surface area (Å²) in [7, 11) is -3.66. The van der Waals surface area contributed by atoms with Crippen molar-refractivity contribution in [3.05, 3.63) is 0 Å². The van der Waals surface area contributed by atoms with Crippen LogP contribution in [0.5, 0.6) is 0 Å². The lowest BCUT2D eigenvalue weighted by molar-refractivity contribution is -0.142. The van der Waals surface area contributed by atoms with Gasteiger partial charge in [-0.3, -0.25) is 4.79 Å². The summed E-state index contributed by atoms with van der Waals surface area (Å²) in [6, 6.07) is -0.690. The zero-order valence-electron chi connectivity index (χ0n) is 11.8. The van der Waals surface area contributed by atoms with Crippen molar-refractivity contribution in [2.24, 2.45) is 17.8 Å². The average molecular weight is 306 g/mol. The predicted octanol–water partition coefficient (Wildman–Crippen LogP) is -0.102. The summed E-state index contributed by atoms with van der Waals surface area (Å²) in [5.41, 5.74) is 0. The van der Waals surface area contributed by atoms with E-state index in [1.54, 1.807) is 0 Å². The molecule has 2 aliphatic rings. The van der Waals surface area contributed by atoms with Gasteiger partial charge >= 0.3 is 5.97 Å². The SMILES string of the molecule is CC1CC(C)CN(S(=O)(=O)NC2COCC2C(=O)O)C1. The van der Waals surface area contributed by atoms with Crippen LogP contribution in [0.3, 0.4) is 0 Å². The molecule has 0 aromatic heterocycles. The second kappa shape index (κ2) is 5.97. The number of hydrogen-bond donors (Lipinski definition) is 2. The zero-order chi connectivity index (χ0) is 14.9. The number of carboxylic acids is 1. The second-order valence-electron chi connectivity index (χ2n) is 5.97. The van der Waals surface area contributed by atoms with Crippen molar-refractivity contribution in [3.63, 3.8) is 0 Å². The van der Waals surface area contributed by atoms with Crippen LogP contribution in [-0.4, -0.2) is 56.1 Å². The summed E-state index contributed by atoms with van der Waals surface area (Å²) in [6.07, 6.45) is 1.01. The highest BCUT2D eigenvalue weighted by atomic mass is 32.2. The third kappa shape index (κ3) is 3.49. The lowest BCUT2D eigenvalue weighted by atomic mass is 9.94. The predicted molar refractivity (Wildman–Crippen MR) is 72.3 cm³/mol. The number of carbonyl (C=O) groups is 1. The number of hydrogen-bond acceptors (Lipinski definition) is 4. The number of nitrogens with zero attached hydrogens (tertiary/aromatic N) is 1. The van der Waals surface area contributed by atoms with Gasteiger partial charge in [0.15, 0.2) is 0 Å². The van der Waals surface area contributed by atoms with Gasteiger partial charge in [-0.15, -0.1) is 0 Å². The molecular weight excluding hydrogens is 284 g/mol. The molecule has 20 heavy (non-hydrogen) atoms. The summed E-state index contributed by atoms with van der Waals surface area (Å²) in [4.78, 5) is 11.0. The van der Waals surface area contributed by atoms with E-state index < -0.39 is 28.1 Å². The Morgan fingerprint density at radius 1 is 1.25 bits per heavy atom. The van der Waals surface area contributed by atoms with Crippen LogP contribution in [0.15, 0.2) is 0 Å². The molecule has 2 aliphatic heterocycles. The molecule has 0 aromatic rings. The third-order valence-corrected chi connectivity index (χ3v) is 5.45. The first kappa shape index (κ1) is 15.7. The molecule has 2 fully saturated rings. The minimum Gasteiger partial charge on any atom is -0.481 e. The Hall–Kier alpha value is -0.700. The first-order valence-electron chi connectivity index (χ1n) is 6.87. The molecule has 8 heteroatoms. The summed E-state index contributed by atoms with van der Waals surface area (Å²) in [6.45, 7) is 5.16. The maximum absolute atomic E-state index is 12.4. The Bertz CT molecular complexity index is 456. The summed E-state index contributed by atoms with van der Waals surface area (Å²) < 4.78 is 33.7. The number of piperidine rings is 1. The van der Waals surface area contributed by atoms with Gasteiger partial charge in [-0.25, -0.2) is 0 Å². The van der Waals surface area contributed by atoms with Gasteiger partial charge in [-0.1, -0.05) is 13.8 Å². The van der Waals surface area contributed by atoms with Crippen LogP contribution >= 0.6 is 0 Å². The fraction of sp³-hybridized carbons (Fsp3) is 0.917. The highest BCUT2D eigenvalue weighted by Gasteiger charge is 2.39. The van der Waals surface area contributed by atoms with Gasteiger partial charge in [0.1, 0.15) is 0 Å². The van der Waals surface area contributed by atoms with Crippen LogP contribution in [-0.2, 0) is 19.7 Å². The topological polar surface area (TPSA) is 95.9 Å². The van der Waals surface area contributed by atoms with Crippen molar-refractivity contribution in [2.75, 3.05) is 26.3 Å². The molecule has 2 heterocycles. The Balaban J connectivity index is 2.05. The maximum atomic E-state index is 12.4. The lowest BCUT2D eigenvalue weighted by Gasteiger charge is -2.34. The average Bonchev–Trinajstić information content (AvgIpc) is 2.75. The van der Waals surface area contributed by atoms with Gasteiger partial charge in [0.05, 0.1) is 25.2 Å². The first-order chi connectivity index (χ1) is 9.29. The molecule has 0 bridgehead atoms. The van der Waals surface area contributed by atoms with Crippen LogP contribution in [0, 0.1) is 17.8 Å². The van der Waals surface area contributed by atoms with E-state index in [4.69, 9.17) is 9.84 Å². The molecule has 0 amide bonds. The molecule has 0 spiro atoms. The van der Waals surface area contributed by atoms with Gasteiger partial charge < -0.3 is 9.84 Å². The molecule has 0 aromatic carbocycles. The Morgan fingerprint density at radius 3 is 2.40 bits per heavy atom. The molecular formula is C12H22N2O5S. The van der Waals surface area contributed by atoms with E-state index in [2.05, 4.69) is 4.72 Å². The minimum absolute atomic E-state index is 0.0509. The van der Waals surface area contributed by atoms with Crippen LogP contribution in [0.25, 0.3) is 0 Å². The Labute approximate surface area is 119 Å².